The summed E-state index contributed by atoms with van der Waals surface area (Å²) in [7, 11) is 0. The summed E-state index contributed by atoms with van der Waals surface area (Å²) in [4.78, 5) is 12.7. The van der Waals surface area contributed by atoms with Crippen LogP contribution >= 0.6 is 11.3 Å². The molecule has 1 aromatic rings. The minimum Gasteiger partial charge on any atom is -0.384 e. The van der Waals surface area contributed by atoms with Gasteiger partial charge < -0.3 is 15.2 Å². The van der Waals surface area contributed by atoms with Crippen LogP contribution in [0.2, 0.25) is 0 Å². The first-order valence-electron chi connectivity index (χ1n) is 6.34. The van der Waals surface area contributed by atoms with Crippen LogP contribution in [0.1, 0.15) is 28.1 Å². The van der Waals surface area contributed by atoms with Gasteiger partial charge in [0.05, 0.1) is 10.4 Å². The largest absolute Gasteiger partial charge is 0.384 e. The SMILES string of the molecule is O=C(NCCC1CCOC1)c1csc(C#CCO)c1. The van der Waals surface area contributed by atoms with Gasteiger partial charge in [-0.3, -0.25) is 4.79 Å². The lowest BCUT2D eigenvalue weighted by Gasteiger charge is -2.07. The van der Waals surface area contributed by atoms with Crippen molar-refractivity contribution in [2.24, 2.45) is 5.92 Å². The number of carbonyl (C=O) groups excluding carboxylic acids is 1. The molecule has 1 fully saturated rings. The monoisotopic (exact) mass is 279 g/mol. The Morgan fingerprint density at radius 2 is 2.53 bits per heavy atom. The van der Waals surface area contributed by atoms with E-state index in [4.69, 9.17) is 9.84 Å². The fourth-order valence-corrected chi connectivity index (χ4v) is 2.71. The topological polar surface area (TPSA) is 58.6 Å². The lowest BCUT2D eigenvalue weighted by Crippen LogP contribution is -2.25. The lowest BCUT2D eigenvalue weighted by molar-refractivity contribution is 0.0951. The van der Waals surface area contributed by atoms with Crippen molar-refractivity contribution in [2.75, 3.05) is 26.4 Å². The van der Waals surface area contributed by atoms with Crippen molar-refractivity contribution in [3.05, 3.63) is 21.9 Å². The van der Waals surface area contributed by atoms with Gasteiger partial charge in [0, 0.05) is 25.1 Å². The van der Waals surface area contributed by atoms with Crippen molar-refractivity contribution >= 4 is 17.2 Å². The predicted molar refractivity (Wildman–Crippen MR) is 74.2 cm³/mol. The van der Waals surface area contributed by atoms with E-state index in [2.05, 4.69) is 17.2 Å². The van der Waals surface area contributed by atoms with Gasteiger partial charge in [-0.05, 0) is 24.8 Å². The van der Waals surface area contributed by atoms with Gasteiger partial charge in [-0.2, -0.15) is 0 Å². The molecule has 1 aliphatic heterocycles. The molecule has 0 radical (unpaired) electrons. The molecule has 1 aromatic heterocycles. The van der Waals surface area contributed by atoms with Crippen LogP contribution in [0.5, 0.6) is 0 Å². The van der Waals surface area contributed by atoms with Gasteiger partial charge in [0.2, 0.25) is 0 Å². The highest BCUT2D eigenvalue weighted by Gasteiger charge is 2.15. The zero-order valence-corrected chi connectivity index (χ0v) is 11.5. The highest BCUT2D eigenvalue weighted by molar-refractivity contribution is 7.10. The average Bonchev–Trinajstić information content (AvgIpc) is 3.07. The number of thiophene rings is 1. The van der Waals surface area contributed by atoms with Crippen molar-refractivity contribution in [1.29, 1.82) is 0 Å². The standard InChI is InChI=1S/C14H17NO3S/c16-6-1-2-13-8-12(10-19-13)14(17)15-5-3-11-4-7-18-9-11/h8,10-11,16H,3-7,9H2,(H,15,17). The molecule has 2 rings (SSSR count). The third-order valence-electron chi connectivity index (χ3n) is 3.01. The molecule has 0 spiro atoms. The van der Waals surface area contributed by atoms with Crippen LogP contribution in [0.4, 0.5) is 0 Å². The van der Waals surface area contributed by atoms with E-state index in [1.54, 1.807) is 11.4 Å². The van der Waals surface area contributed by atoms with E-state index in [0.717, 1.165) is 30.9 Å². The number of rotatable bonds is 4. The Labute approximate surface area is 116 Å². The second-order valence-electron chi connectivity index (χ2n) is 4.43. The Morgan fingerprint density at radius 1 is 1.63 bits per heavy atom. The number of hydrogen-bond acceptors (Lipinski definition) is 4. The smallest absolute Gasteiger partial charge is 0.252 e. The molecule has 5 heteroatoms. The maximum absolute atomic E-state index is 11.9. The first kappa shape index (κ1) is 14.1. The molecule has 1 atom stereocenters. The van der Waals surface area contributed by atoms with Crippen molar-refractivity contribution < 1.29 is 14.6 Å². The minimum atomic E-state index is -0.164. The molecule has 0 bridgehead atoms. The van der Waals surface area contributed by atoms with Gasteiger partial charge in [-0.25, -0.2) is 0 Å². The van der Waals surface area contributed by atoms with Gasteiger partial charge in [-0.15, -0.1) is 11.3 Å². The van der Waals surface area contributed by atoms with Crippen LogP contribution in [0, 0.1) is 17.8 Å². The molecule has 0 saturated carbocycles. The first-order chi connectivity index (χ1) is 9.29. The highest BCUT2D eigenvalue weighted by Crippen LogP contribution is 2.16. The third-order valence-corrected chi connectivity index (χ3v) is 3.86. The molecule has 2 heterocycles. The molecule has 19 heavy (non-hydrogen) atoms. The number of hydrogen-bond donors (Lipinski definition) is 2. The molecule has 1 unspecified atom stereocenters. The van der Waals surface area contributed by atoms with Crippen LogP contribution in [-0.4, -0.2) is 37.4 Å². The number of ether oxygens (including phenoxy) is 1. The summed E-state index contributed by atoms with van der Waals surface area (Å²) in [6.45, 7) is 2.18. The average molecular weight is 279 g/mol. The van der Waals surface area contributed by atoms with Crippen LogP contribution in [0.15, 0.2) is 11.4 Å². The maximum Gasteiger partial charge on any atom is 0.252 e. The summed E-state index contributed by atoms with van der Waals surface area (Å²) in [5.74, 6) is 5.87. The lowest BCUT2D eigenvalue weighted by atomic mass is 10.1. The van der Waals surface area contributed by atoms with E-state index in [-0.39, 0.29) is 12.5 Å². The van der Waals surface area contributed by atoms with E-state index in [0.29, 0.717) is 18.0 Å². The summed E-state index contributed by atoms with van der Waals surface area (Å²) in [5.41, 5.74) is 0.634. The van der Waals surface area contributed by atoms with Crippen LogP contribution in [-0.2, 0) is 4.74 Å². The van der Waals surface area contributed by atoms with Gasteiger partial charge in [0.15, 0.2) is 0 Å². The van der Waals surface area contributed by atoms with Crippen molar-refractivity contribution in [2.45, 2.75) is 12.8 Å². The molecule has 0 aliphatic carbocycles. The van der Waals surface area contributed by atoms with E-state index in [1.165, 1.54) is 11.3 Å². The van der Waals surface area contributed by atoms with E-state index >= 15 is 0 Å². The van der Waals surface area contributed by atoms with Gasteiger partial charge in [0.25, 0.3) is 5.91 Å². The molecule has 4 nitrogen and oxygen atoms in total. The van der Waals surface area contributed by atoms with Crippen molar-refractivity contribution in [3.8, 4) is 11.8 Å². The number of aliphatic hydroxyl groups is 1. The Balaban J connectivity index is 1.77. The summed E-state index contributed by atoms with van der Waals surface area (Å²) < 4.78 is 5.29. The molecule has 1 aliphatic rings. The van der Waals surface area contributed by atoms with E-state index in [9.17, 15) is 4.79 Å². The summed E-state index contributed by atoms with van der Waals surface area (Å²) in [6.07, 6.45) is 2.06. The Morgan fingerprint density at radius 3 is 3.26 bits per heavy atom. The van der Waals surface area contributed by atoms with Crippen molar-refractivity contribution in [3.63, 3.8) is 0 Å². The number of amides is 1. The van der Waals surface area contributed by atoms with Gasteiger partial charge in [0.1, 0.15) is 6.61 Å². The van der Waals surface area contributed by atoms with E-state index in [1.807, 2.05) is 0 Å². The summed E-state index contributed by atoms with van der Waals surface area (Å²) in [5, 5.41) is 13.3. The van der Waals surface area contributed by atoms with Gasteiger partial charge >= 0.3 is 0 Å². The summed E-state index contributed by atoms with van der Waals surface area (Å²) in [6, 6.07) is 1.75. The third kappa shape index (κ3) is 4.35. The quantitative estimate of drug-likeness (QED) is 0.816. The Kier molecular flexibility index (Phi) is 5.40. The zero-order valence-electron chi connectivity index (χ0n) is 10.6. The van der Waals surface area contributed by atoms with Crippen molar-refractivity contribution in [1.82, 2.24) is 5.32 Å². The van der Waals surface area contributed by atoms with E-state index < -0.39 is 0 Å². The zero-order chi connectivity index (χ0) is 13.5. The molecule has 1 saturated heterocycles. The van der Waals surface area contributed by atoms with Crippen LogP contribution in [0.25, 0.3) is 0 Å². The summed E-state index contributed by atoms with van der Waals surface area (Å²) >= 11 is 1.41. The molecular formula is C14H17NO3S. The number of aliphatic hydroxyl groups excluding tert-OH is 1. The van der Waals surface area contributed by atoms with Gasteiger partial charge in [-0.1, -0.05) is 11.8 Å². The molecular weight excluding hydrogens is 262 g/mol. The molecule has 2 N–H and O–H groups in total. The second-order valence-corrected chi connectivity index (χ2v) is 5.34. The Bertz CT molecular complexity index is 480. The highest BCUT2D eigenvalue weighted by atomic mass is 32.1. The predicted octanol–water partition coefficient (Wildman–Crippen LogP) is 1.25. The number of nitrogens with one attached hydrogen (secondary N) is 1. The molecule has 0 aromatic carbocycles. The minimum absolute atomic E-state index is 0.0628. The van der Waals surface area contributed by atoms with Crippen LogP contribution in [0.3, 0.4) is 0 Å². The Hall–Kier alpha value is -1.35. The molecule has 102 valence electrons. The normalized spacial score (nSPS) is 17.8. The fourth-order valence-electron chi connectivity index (χ4n) is 1.95. The maximum atomic E-state index is 11.9. The fraction of sp³-hybridized carbons (Fsp3) is 0.500. The number of carbonyl (C=O) groups is 1. The second kappa shape index (κ2) is 7.29. The molecule has 1 amide bonds. The van der Waals surface area contributed by atoms with Crippen LogP contribution < -0.4 is 5.32 Å². The first-order valence-corrected chi connectivity index (χ1v) is 7.22.